The zero-order chi connectivity index (χ0) is 12.8. The molecule has 0 aliphatic rings. The van der Waals surface area contributed by atoms with E-state index in [0.717, 1.165) is 12.8 Å². The van der Waals surface area contributed by atoms with Crippen LogP contribution in [0.5, 0.6) is 0 Å². The Morgan fingerprint density at radius 3 is 2.38 bits per heavy atom. The van der Waals surface area contributed by atoms with Crippen molar-refractivity contribution in [3.63, 3.8) is 0 Å². The molecule has 0 bridgehead atoms. The van der Waals surface area contributed by atoms with Gasteiger partial charge in [-0.05, 0) is 24.2 Å². The summed E-state index contributed by atoms with van der Waals surface area (Å²) < 4.78 is 0. The minimum absolute atomic E-state index is 0.0334. The van der Waals surface area contributed by atoms with E-state index >= 15 is 0 Å². The summed E-state index contributed by atoms with van der Waals surface area (Å²) in [5, 5.41) is 8.89. The van der Waals surface area contributed by atoms with Crippen LogP contribution in [0.4, 0.5) is 0 Å². The van der Waals surface area contributed by atoms with Crippen molar-refractivity contribution in [2.75, 3.05) is 6.61 Å². The second-order valence-corrected chi connectivity index (χ2v) is 6.10. The van der Waals surface area contributed by atoms with Crippen molar-refractivity contribution in [1.82, 2.24) is 0 Å². The molecule has 3 heteroatoms. The Labute approximate surface area is 99.4 Å². The molecule has 0 saturated carbocycles. The molecule has 0 aliphatic heterocycles. The van der Waals surface area contributed by atoms with Gasteiger partial charge in [-0.2, -0.15) is 0 Å². The molecule has 0 aromatic heterocycles. The van der Waals surface area contributed by atoms with E-state index in [0.29, 0.717) is 18.6 Å². The summed E-state index contributed by atoms with van der Waals surface area (Å²) >= 11 is 0. The van der Waals surface area contributed by atoms with E-state index in [9.17, 15) is 4.79 Å². The van der Waals surface area contributed by atoms with E-state index in [-0.39, 0.29) is 24.0 Å². The van der Waals surface area contributed by atoms with Crippen LogP contribution in [0.1, 0.15) is 53.4 Å². The molecular weight excluding hydrogens is 202 g/mol. The van der Waals surface area contributed by atoms with E-state index in [1.54, 1.807) is 0 Å². The number of aliphatic hydroxyl groups excluding tert-OH is 1. The third-order valence-corrected chi connectivity index (χ3v) is 2.54. The molecule has 16 heavy (non-hydrogen) atoms. The van der Waals surface area contributed by atoms with Crippen molar-refractivity contribution in [3.8, 4) is 0 Å². The topological polar surface area (TPSA) is 63.3 Å². The normalized spacial score (nSPS) is 15.9. The molecule has 3 nitrogen and oxygen atoms in total. The van der Waals surface area contributed by atoms with Crippen molar-refractivity contribution in [2.24, 2.45) is 17.1 Å². The van der Waals surface area contributed by atoms with Crippen LogP contribution >= 0.6 is 0 Å². The SMILES string of the molecule is C[C@H](CO)C[C@H](N)CCC(=O)CC(C)(C)C. The molecule has 0 rings (SSSR count). The molecule has 0 amide bonds. The highest BCUT2D eigenvalue weighted by Gasteiger charge is 2.17. The fourth-order valence-corrected chi connectivity index (χ4v) is 1.74. The molecule has 0 spiro atoms. The molecule has 0 radical (unpaired) electrons. The Balaban J connectivity index is 3.75. The first-order chi connectivity index (χ1) is 7.24. The first kappa shape index (κ1) is 15.6. The summed E-state index contributed by atoms with van der Waals surface area (Å²) in [6.07, 6.45) is 2.71. The van der Waals surface area contributed by atoms with Gasteiger partial charge >= 0.3 is 0 Å². The van der Waals surface area contributed by atoms with Gasteiger partial charge in [0.25, 0.3) is 0 Å². The van der Waals surface area contributed by atoms with Gasteiger partial charge in [-0.15, -0.1) is 0 Å². The van der Waals surface area contributed by atoms with Crippen LogP contribution in [-0.2, 0) is 4.79 Å². The Hall–Kier alpha value is -0.410. The van der Waals surface area contributed by atoms with Crippen LogP contribution in [0.15, 0.2) is 0 Å². The molecule has 0 saturated heterocycles. The third-order valence-electron chi connectivity index (χ3n) is 2.54. The number of carbonyl (C=O) groups excluding carboxylic acids is 1. The molecule has 0 unspecified atom stereocenters. The van der Waals surface area contributed by atoms with Crippen LogP contribution < -0.4 is 5.73 Å². The maximum absolute atomic E-state index is 11.6. The molecule has 0 fully saturated rings. The number of hydrogen-bond acceptors (Lipinski definition) is 3. The summed E-state index contributed by atoms with van der Waals surface area (Å²) in [6.45, 7) is 8.34. The maximum atomic E-state index is 11.6. The maximum Gasteiger partial charge on any atom is 0.133 e. The monoisotopic (exact) mass is 229 g/mol. The van der Waals surface area contributed by atoms with Gasteiger partial charge in [0.15, 0.2) is 0 Å². The van der Waals surface area contributed by atoms with E-state index < -0.39 is 0 Å². The van der Waals surface area contributed by atoms with Crippen LogP contribution in [0.25, 0.3) is 0 Å². The van der Waals surface area contributed by atoms with E-state index in [1.807, 2.05) is 6.92 Å². The zero-order valence-electron chi connectivity index (χ0n) is 11.1. The van der Waals surface area contributed by atoms with E-state index in [2.05, 4.69) is 20.8 Å². The molecule has 96 valence electrons. The Bertz CT molecular complexity index is 208. The lowest BCUT2D eigenvalue weighted by Gasteiger charge is -2.18. The second-order valence-electron chi connectivity index (χ2n) is 6.10. The summed E-state index contributed by atoms with van der Waals surface area (Å²) in [4.78, 5) is 11.6. The highest BCUT2D eigenvalue weighted by atomic mass is 16.3. The Kier molecular flexibility index (Phi) is 6.84. The largest absolute Gasteiger partial charge is 0.396 e. The van der Waals surface area contributed by atoms with Crippen LogP contribution in [0.3, 0.4) is 0 Å². The van der Waals surface area contributed by atoms with Crippen LogP contribution in [0.2, 0.25) is 0 Å². The lowest BCUT2D eigenvalue weighted by atomic mass is 9.88. The molecule has 2 atom stereocenters. The summed E-state index contributed by atoms with van der Waals surface area (Å²) in [7, 11) is 0. The van der Waals surface area contributed by atoms with Crippen molar-refractivity contribution in [2.45, 2.75) is 59.4 Å². The van der Waals surface area contributed by atoms with Crippen molar-refractivity contribution >= 4 is 5.78 Å². The van der Waals surface area contributed by atoms with Gasteiger partial charge in [0.05, 0.1) is 0 Å². The first-order valence-electron chi connectivity index (χ1n) is 6.12. The fraction of sp³-hybridized carbons (Fsp3) is 0.923. The number of ketones is 1. The minimum Gasteiger partial charge on any atom is -0.396 e. The van der Waals surface area contributed by atoms with Gasteiger partial charge in [0, 0.05) is 25.5 Å². The Morgan fingerprint density at radius 1 is 1.38 bits per heavy atom. The number of Topliss-reactive ketones (excluding diaryl/α,β-unsaturated/α-hetero) is 1. The van der Waals surface area contributed by atoms with Gasteiger partial charge in [-0.3, -0.25) is 4.79 Å². The number of hydrogen-bond donors (Lipinski definition) is 2. The van der Waals surface area contributed by atoms with E-state index in [1.165, 1.54) is 0 Å². The first-order valence-corrected chi connectivity index (χ1v) is 6.12. The van der Waals surface area contributed by atoms with Gasteiger partial charge in [0.1, 0.15) is 5.78 Å². The predicted octanol–water partition coefficient (Wildman–Crippen LogP) is 2.12. The Morgan fingerprint density at radius 2 is 1.94 bits per heavy atom. The molecule has 0 heterocycles. The summed E-state index contributed by atoms with van der Waals surface area (Å²) in [6, 6.07) is 0.0334. The standard InChI is InChI=1S/C13H27NO2/c1-10(9-15)7-11(14)5-6-12(16)8-13(2,3)4/h10-11,15H,5-9,14H2,1-4H3/t10-,11+/m0/s1. The molecule has 3 N–H and O–H groups in total. The highest BCUT2D eigenvalue weighted by molar-refractivity contribution is 5.78. The van der Waals surface area contributed by atoms with Crippen molar-refractivity contribution in [3.05, 3.63) is 0 Å². The predicted molar refractivity (Wildman–Crippen MR) is 67.2 cm³/mol. The average molecular weight is 229 g/mol. The van der Waals surface area contributed by atoms with Crippen LogP contribution in [-0.4, -0.2) is 23.5 Å². The van der Waals surface area contributed by atoms with Crippen molar-refractivity contribution in [1.29, 1.82) is 0 Å². The fourth-order valence-electron chi connectivity index (χ4n) is 1.74. The average Bonchev–Trinajstić information content (AvgIpc) is 2.12. The van der Waals surface area contributed by atoms with Gasteiger partial charge in [0.2, 0.25) is 0 Å². The summed E-state index contributed by atoms with van der Waals surface area (Å²) in [5.41, 5.74) is 5.97. The van der Waals surface area contributed by atoms with Crippen LogP contribution in [0, 0.1) is 11.3 Å². The number of nitrogens with two attached hydrogens (primary N) is 1. The minimum atomic E-state index is 0.0334. The highest BCUT2D eigenvalue weighted by Crippen LogP contribution is 2.20. The zero-order valence-corrected chi connectivity index (χ0v) is 11.1. The molecule has 0 aromatic rings. The summed E-state index contributed by atoms with van der Waals surface area (Å²) in [5.74, 6) is 0.521. The van der Waals surface area contributed by atoms with E-state index in [4.69, 9.17) is 10.8 Å². The number of carbonyl (C=O) groups is 1. The lowest BCUT2D eigenvalue weighted by Crippen LogP contribution is -2.25. The quantitative estimate of drug-likeness (QED) is 0.703. The van der Waals surface area contributed by atoms with Gasteiger partial charge in [-0.1, -0.05) is 27.7 Å². The molecule has 0 aromatic carbocycles. The molecule has 0 aliphatic carbocycles. The van der Waals surface area contributed by atoms with Crippen molar-refractivity contribution < 1.29 is 9.90 Å². The third kappa shape index (κ3) is 8.86. The molecular formula is C13H27NO2. The van der Waals surface area contributed by atoms with Gasteiger partial charge in [-0.25, -0.2) is 0 Å². The number of aliphatic hydroxyl groups is 1. The van der Waals surface area contributed by atoms with Gasteiger partial charge < -0.3 is 10.8 Å². The lowest BCUT2D eigenvalue weighted by molar-refractivity contribution is -0.120. The second kappa shape index (κ2) is 7.02. The smallest absolute Gasteiger partial charge is 0.133 e. The number of rotatable bonds is 7.